The van der Waals surface area contributed by atoms with E-state index in [0.717, 1.165) is 22.8 Å². The van der Waals surface area contributed by atoms with Gasteiger partial charge >= 0.3 is 0 Å². The molecule has 0 aliphatic carbocycles. The number of phenols is 1. The van der Waals surface area contributed by atoms with Crippen LogP contribution in [0, 0.1) is 0 Å². The molecule has 1 aromatic carbocycles. The molecule has 108 valence electrons. The van der Waals surface area contributed by atoms with Crippen molar-refractivity contribution in [2.75, 3.05) is 13.2 Å². The smallest absolute Gasteiger partial charge is 0.161 e. The maximum absolute atomic E-state index is 9.72. The summed E-state index contributed by atoms with van der Waals surface area (Å²) in [5.41, 5.74) is 2.00. The Morgan fingerprint density at radius 1 is 1.40 bits per heavy atom. The van der Waals surface area contributed by atoms with E-state index in [-0.39, 0.29) is 11.8 Å². The van der Waals surface area contributed by atoms with Crippen molar-refractivity contribution in [3.05, 3.63) is 29.3 Å². The van der Waals surface area contributed by atoms with Crippen LogP contribution in [0.4, 0.5) is 0 Å². The standard InChI is InChI=1S/C15H20N2O2S/c1-4-16-10(3)12-9-20-15(17-12)11-6-7-13(18)14(8-11)19-5-2/h6-10,16,18H,4-5H2,1-3H3. The van der Waals surface area contributed by atoms with Crippen LogP contribution in [0.1, 0.15) is 32.5 Å². The summed E-state index contributed by atoms with van der Waals surface area (Å²) in [6.45, 7) is 7.52. The van der Waals surface area contributed by atoms with Gasteiger partial charge in [-0.25, -0.2) is 4.98 Å². The van der Waals surface area contributed by atoms with E-state index >= 15 is 0 Å². The zero-order valence-electron chi connectivity index (χ0n) is 12.0. The summed E-state index contributed by atoms with van der Waals surface area (Å²) in [7, 11) is 0. The van der Waals surface area contributed by atoms with E-state index in [0.29, 0.717) is 12.4 Å². The van der Waals surface area contributed by atoms with Crippen molar-refractivity contribution in [2.24, 2.45) is 0 Å². The van der Waals surface area contributed by atoms with Gasteiger partial charge in [0.25, 0.3) is 0 Å². The van der Waals surface area contributed by atoms with E-state index in [1.807, 2.05) is 19.1 Å². The molecule has 1 aromatic heterocycles. The molecule has 0 saturated heterocycles. The van der Waals surface area contributed by atoms with E-state index in [9.17, 15) is 5.11 Å². The lowest BCUT2D eigenvalue weighted by molar-refractivity contribution is 0.318. The number of phenolic OH excluding ortho intramolecular Hbond substituents is 1. The third kappa shape index (κ3) is 3.29. The largest absolute Gasteiger partial charge is 0.504 e. The first-order valence-electron chi connectivity index (χ1n) is 6.80. The number of nitrogens with one attached hydrogen (secondary N) is 1. The highest BCUT2D eigenvalue weighted by molar-refractivity contribution is 7.13. The van der Waals surface area contributed by atoms with Gasteiger partial charge in [-0.2, -0.15) is 0 Å². The van der Waals surface area contributed by atoms with Gasteiger partial charge in [0.2, 0.25) is 0 Å². The third-order valence-electron chi connectivity index (χ3n) is 2.98. The fraction of sp³-hybridized carbons (Fsp3) is 0.400. The minimum atomic E-state index is 0.161. The van der Waals surface area contributed by atoms with E-state index < -0.39 is 0 Å². The Morgan fingerprint density at radius 3 is 2.90 bits per heavy atom. The normalized spacial score (nSPS) is 12.3. The molecule has 0 fully saturated rings. The van der Waals surface area contributed by atoms with Crippen LogP contribution in [0.2, 0.25) is 0 Å². The Morgan fingerprint density at radius 2 is 2.20 bits per heavy atom. The summed E-state index contributed by atoms with van der Waals surface area (Å²) >= 11 is 1.60. The molecule has 5 heteroatoms. The van der Waals surface area contributed by atoms with Crippen molar-refractivity contribution in [1.82, 2.24) is 10.3 Å². The van der Waals surface area contributed by atoms with Gasteiger partial charge < -0.3 is 15.2 Å². The maximum Gasteiger partial charge on any atom is 0.161 e. The SMILES string of the molecule is CCNC(C)c1csc(-c2ccc(O)c(OCC)c2)n1. The van der Waals surface area contributed by atoms with Crippen LogP contribution in [0.3, 0.4) is 0 Å². The minimum Gasteiger partial charge on any atom is -0.504 e. The van der Waals surface area contributed by atoms with Gasteiger partial charge in [0.1, 0.15) is 5.01 Å². The number of thiazole rings is 1. The zero-order valence-corrected chi connectivity index (χ0v) is 12.8. The van der Waals surface area contributed by atoms with Crippen molar-refractivity contribution in [3.8, 4) is 22.1 Å². The molecule has 0 radical (unpaired) electrons. The van der Waals surface area contributed by atoms with E-state index in [1.54, 1.807) is 17.4 Å². The first kappa shape index (κ1) is 14.8. The highest BCUT2D eigenvalue weighted by atomic mass is 32.1. The molecule has 2 aromatic rings. The molecule has 2 rings (SSSR count). The molecule has 20 heavy (non-hydrogen) atoms. The molecule has 0 amide bonds. The Kier molecular flexibility index (Phi) is 4.98. The fourth-order valence-corrected chi connectivity index (χ4v) is 2.86. The lowest BCUT2D eigenvalue weighted by Crippen LogP contribution is -2.17. The summed E-state index contributed by atoms with van der Waals surface area (Å²) in [5, 5.41) is 16.1. The average Bonchev–Trinajstić information content (AvgIpc) is 2.91. The summed E-state index contributed by atoms with van der Waals surface area (Å²) in [6, 6.07) is 5.58. The Bertz CT molecular complexity index is 569. The number of benzene rings is 1. The molecule has 0 aliphatic rings. The highest BCUT2D eigenvalue weighted by Crippen LogP contribution is 2.33. The molecule has 0 aliphatic heterocycles. The van der Waals surface area contributed by atoms with Crippen molar-refractivity contribution in [1.29, 1.82) is 0 Å². The minimum absolute atomic E-state index is 0.161. The van der Waals surface area contributed by atoms with Crippen molar-refractivity contribution < 1.29 is 9.84 Å². The van der Waals surface area contributed by atoms with Crippen LogP contribution >= 0.6 is 11.3 Å². The van der Waals surface area contributed by atoms with Crippen LogP contribution in [0.5, 0.6) is 11.5 Å². The topological polar surface area (TPSA) is 54.4 Å². The van der Waals surface area contributed by atoms with Crippen molar-refractivity contribution in [3.63, 3.8) is 0 Å². The Balaban J connectivity index is 2.25. The molecule has 2 N–H and O–H groups in total. The van der Waals surface area contributed by atoms with Gasteiger partial charge in [0.15, 0.2) is 11.5 Å². The average molecular weight is 292 g/mol. The second kappa shape index (κ2) is 6.72. The van der Waals surface area contributed by atoms with Crippen molar-refractivity contribution in [2.45, 2.75) is 26.8 Å². The van der Waals surface area contributed by atoms with Gasteiger partial charge in [-0.1, -0.05) is 6.92 Å². The monoisotopic (exact) mass is 292 g/mol. The van der Waals surface area contributed by atoms with Gasteiger partial charge in [-0.05, 0) is 38.6 Å². The first-order chi connectivity index (χ1) is 9.65. The molecular weight excluding hydrogens is 272 g/mol. The number of hydrogen-bond donors (Lipinski definition) is 2. The number of aromatic hydroxyl groups is 1. The molecule has 0 bridgehead atoms. The van der Waals surface area contributed by atoms with Crippen LogP contribution < -0.4 is 10.1 Å². The number of nitrogens with zero attached hydrogens (tertiary/aromatic N) is 1. The second-order valence-corrected chi connectivity index (χ2v) is 5.33. The van der Waals surface area contributed by atoms with Crippen LogP contribution in [-0.4, -0.2) is 23.2 Å². The Hall–Kier alpha value is -1.59. The summed E-state index contributed by atoms with van der Waals surface area (Å²) < 4.78 is 5.41. The third-order valence-corrected chi connectivity index (χ3v) is 3.89. The molecule has 4 nitrogen and oxygen atoms in total. The second-order valence-electron chi connectivity index (χ2n) is 4.47. The number of aromatic nitrogens is 1. The van der Waals surface area contributed by atoms with E-state index in [1.165, 1.54) is 0 Å². The maximum atomic E-state index is 9.72. The van der Waals surface area contributed by atoms with Gasteiger partial charge in [0.05, 0.1) is 12.3 Å². The van der Waals surface area contributed by atoms with E-state index in [2.05, 4.69) is 29.5 Å². The lowest BCUT2D eigenvalue weighted by Gasteiger charge is -2.08. The zero-order chi connectivity index (χ0) is 14.5. The van der Waals surface area contributed by atoms with Gasteiger partial charge in [0, 0.05) is 17.0 Å². The number of ether oxygens (including phenoxy) is 1. The molecular formula is C15H20N2O2S. The predicted molar refractivity (Wildman–Crippen MR) is 82.5 cm³/mol. The van der Waals surface area contributed by atoms with Gasteiger partial charge in [-0.3, -0.25) is 0 Å². The molecule has 1 heterocycles. The molecule has 1 unspecified atom stereocenters. The quantitative estimate of drug-likeness (QED) is 0.854. The number of hydrogen-bond acceptors (Lipinski definition) is 5. The summed E-state index contributed by atoms with van der Waals surface area (Å²) in [5.74, 6) is 0.662. The predicted octanol–water partition coefficient (Wildman–Crippen LogP) is 3.58. The van der Waals surface area contributed by atoms with Crippen LogP contribution in [0.25, 0.3) is 10.6 Å². The first-order valence-corrected chi connectivity index (χ1v) is 7.68. The van der Waals surface area contributed by atoms with Gasteiger partial charge in [-0.15, -0.1) is 11.3 Å². The summed E-state index contributed by atoms with van der Waals surface area (Å²) in [6.07, 6.45) is 0. The molecule has 1 atom stereocenters. The van der Waals surface area contributed by atoms with Crippen LogP contribution in [0.15, 0.2) is 23.6 Å². The Labute approximate surface area is 123 Å². The van der Waals surface area contributed by atoms with Crippen LogP contribution in [-0.2, 0) is 0 Å². The lowest BCUT2D eigenvalue weighted by atomic mass is 10.2. The molecule has 0 spiro atoms. The number of rotatable bonds is 6. The molecule has 0 saturated carbocycles. The summed E-state index contributed by atoms with van der Waals surface area (Å²) in [4.78, 5) is 4.65. The van der Waals surface area contributed by atoms with E-state index in [4.69, 9.17) is 4.74 Å². The highest BCUT2D eigenvalue weighted by Gasteiger charge is 2.12. The fourth-order valence-electron chi connectivity index (χ4n) is 1.95. The van der Waals surface area contributed by atoms with Crippen molar-refractivity contribution >= 4 is 11.3 Å².